The molecule has 2 fully saturated rings. The number of halogens is 1. The summed E-state index contributed by atoms with van der Waals surface area (Å²) in [5, 5.41) is 0. The first-order chi connectivity index (χ1) is 10.7. The van der Waals surface area contributed by atoms with Crippen molar-refractivity contribution in [2.45, 2.75) is 45.1 Å². The van der Waals surface area contributed by atoms with E-state index in [1.165, 1.54) is 18.4 Å². The monoisotopic (exact) mass is 429 g/mol. The Morgan fingerprint density at radius 1 is 1.43 bits per heavy atom. The summed E-state index contributed by atoms with van der Waals surface area (Å²) in [6.45, 7) is 7.11. The van der Waals surface area contributed by atoms with E-state index in [9.17, 15) is 0 Å². The number of ether oxygens (including phenoxy) is 1. The lowest BCUT2D eigenvalue weighted by Crippen LogP contribution is -2.43. The van der Waals surface area contributed by atoms with E-state index in [1.54, 1.807) is 0 Å². The molecule has 2 aliphatic rings. The maximum Gasteiger partial charge on any atom is 0.191 e. The molecule has 3 atom stereocenters. The van der Waals surface area contributed by atoms with Crippen LogP contribution in [0.25, 0.3) is 0 Å². The topological polar surface area (TPSA) is 50.9 Å². The molecule has 1 saturated heterocycles. The molecule has 0 bridgehead atoms. The van der Waals surface area contributed by atoms with Crippen molar-refractivity contribution in [3.63, 3.8) is 0 Å². The predicted octanol–water partition coefficient (Wildman–Crippen LogP) is 3.61. The van der Waals surface area contributed by atoms with Crippen LogP contribution in [-0.4, -0.2) is 36.6 Å². The van der Waals surface area contributed by atoms with Crippen LogP contribution >= 0.6 is 24.0 Å². The maximum absolute atomic E-state index is 6.22. The summed E-state index contributed by atoms with van der Waals surface area (Å²) in [4.78, 5) is 7.01. The number of likely N-dealkylation sites (tertiary alicyclic amines) is 1. The van der Waals surface area contributed by atoms with Gasteiger partial charge < -0.3 is 15.4 Å². The van der Waals surface area contributed by atoms with E-state index in [0.717, 1.165) is 37.1 Å². The predicted molar refractivity (Wildman–Crippen MR) is 106 cm³/mol. The highest BCUT2D eigenvalue weighted by atomic mass is 127. The van der Waals surface area contributed by atoms with Crippen molar-refractivity contribution in [1.29, 1.82) is 0 Å². The highest BCUT2D eigenvalue weighted by Gasteiger charge is 2.39. The van der Waals surface area contributed by atoms with Crippen LogP contribution in [0.5, 0.6) is 5.75 Å². The quantitative estimate of drug-likeness (QED) is 0.452. The molecule has 0 radical (unpaired) electrons. The van der Waals surface area contributed by atoms with E-state index in [1.807, 2.05) is 13.0 Å². The standard InChI is InChI=1S/C18H27N3O.HI/c1-3-22-15-8-4-7-14(10-15)16-11-17(16)20-18(19)21-9-5-6-13(2)12-21;/h4,7-8,10,13,16-17H,3,5-6,9,11-12H2,1-2H3,(H2,19,20);1H/t13?,16-,17+;/m0./s1. The average molecular weight is 429 g/mol. The van der Waals surface area contributed by atoms with Crippen LogP contribution in [0.3, 0.4) is 0 Å². The summed E-state index contributed by atoms with van der Waals surface area (Å²) in [6.07, 6.45) is 3.63. The van der Waals surface area contributed by atoms with Crippen LogP contribution in [-0.2, 0) is 0 Å². The van der Waals surface area contributed by atoms with E-state index >= 15 is 0 Å². The van der Waals surface area contributed by atoms with Gasteiger partial charge >= 0.3 is 0 Å². The molecular weight excluding hydrogens is 401 g/mol. The molecule has 1 aliphatic carbocycles. The number of nitrogens with two attached hydrogens (primary N) is 1. The smallest absolute Gasteiger partial charge is 0.191 e. The first-order valence-electron chi connectivity index (χ1n) is 8.48. The molecule has 128 valence electrons. The summed E-state index contributed by atoms with van der Waals surface area (Å²) in [5.74, 6) is 2.91. The number of piperidine rings is 1. The molecule has 1 aliphatic heterocycles. The summed E-state index contributed by atoms with van der Waals surface area (Å²) in [5.41, 5.74) is 7.54. The summed E-state index contributed by atoms with van der Waals surface area (Å²) in [7, 11) is 0. The molecule has 0 aromatic heterocycles. The van der Waals surface area contributed by atoms with E-state index in [4.69, 9.17) is 15.5 Å². The van der Waals surface area contributed by atoms with Gasteiger partial charge in [0.05, 0.1) is 12.6 Å². The molecule has 2 N–H and O–H groups in total. The van der Waals surface area contributed by atoms with Crippen LogP contribution in [0.4, 0.5) is 0 Å². The van der Waals surface area contributed by atoms with Crippen LogP contribution in [0, 0.1) is 5.92 Å². The van der Waals surface area contributed by atoms with Gasteiger partial charge in [0.25, 0.3) is 0 Å². The molecule has 1 aromatic carbocycles. The van der Waals surface area contributed by atoms with Crippen molar-refractivity contribution < 1.29 is 4.74 Å². The number of hydrogen-bond acceptors (Lipinski definition) is 2. The van der Waals surface area contributed by atoms with E-state index in [-0.39, 0.29) is 24.0 Å². The fourth-order valence-electron chi connectivity index (χ4n) is 3.33. The van der Waals surface area contributed by atoms with Gasteiger partial charge in [-0.25, -0.2) is 4.99 Å². The fraction of sp³-hybridized carbons (Fsp3) is 0.611. The number of nitrogens with zero attached hydrogens (tertiary/aromatic N) is 2. The van der Waals surface area contributed by atoms with Crippen LogP contribution in [0.2, 0.25) is 0 Å². The Labute approximate surface area is 156 Å². The van der Waals surface area contributed by atoms with Gasteiger partial charge in [0.1, 0.15) is 5.75 Å². The molecule has 1 heterocycles. The van der Waals surface area contributed by atoms with Crippen molar-refractivity contribution in [1.82, 2.24) is 4.90 Å². The Morgan fingerprint density at radius 3 is 3.00 bits per heavy atom. The average Bonchev–Trinajstić information content (AvgIpc) is 3.27. The summed E-state index contributed by atoms with van der Waals surface area (Å²) >= 11 is 0. The van der Waals surface area contributed by atoms with Crippen molar-refractivity contribution in [2.75, 3.05) is 19.7 Å². The fourth-order valence-corrected chi connectivity index (χ4v) is 3.33. The second-order valence-electron chi connectivity index (χ2n) is 6.60. The molecule has 5 heteroatoms. The number of aliphatic imine (C=N–C) groups is 1. The van der Waals surface area contributed by atoms with Crippen molar-refractivity contribution in [3.05, 3.63) is 29.8 Å². The normalized spacial score (nSPS) is 27.3. The second kappa shape index (κ2) is 8.22. The summed E-state index contributed by atoms with van der Waals surface area (Å²) in [6, 6.07) is 8.73. The van der Waals surface area contributed by atoms with Crippen LogP contribution in [0.1, 0.15) is 44.6 Å². The van der Waals surface area contributed by atoms with Gasteiger partial charge in [0.15, 0.2) is 5.96 Å². The zero-order valence-electron chi connectivity index (χ0n) is 14.1. The van der Waals surface area contributed by atoms with Gasteiger partial charge in [-0.05, 0) is 49.8 Å². The molecule has 1 aromatic rings. The zero-order chi connectivity index (χ0) is 15.5. The van der Waals surface area contributed by atoms with Gasteiger partial charge in [-0.3, -0.25) is 0 Å². The number of hydrogen-bond donors (Lipinski definition) is 1. The van der Waals surface area contributed by atoms with Crippen molar-refractivity contribution in [3.8, 4) is 5.75 Å². The van der Waals surface area contributed by atoms with Gasteiger partial charge in [-0.15, -0.1) is 24.0 Å². The van der Waals surface area contributed by atoms with Crippen LogP contribution < -0.4 is 10.5 Å². The van der Waals surface area contributed by atoms with E-state index in [2.05, 4.69) is 30.0 Å². The van der Waals surface area contributed by atoms with Crippen molar-refractivity contribution in [2.24, 2.45) is 16.6 Å². The Hall–Kier alpha value is -0.980. The summed E-state index contributed by atoms with van der Waals surface area (Å²) < 4.78 is 5.58. The third-order valence-corrected chi connectivity index (χ3v) is 4.63. The zero-order valence-corrected chi connectivity index (χ0v) is 16.4. The van der Waals surface area contributed by atoms with Gasteiger partial charge in [0, 0.05) is 19.0 Å². The lowest BCUT2D eigenvalue weighted by molar-refractivity contribution is 0.270. The first kappa shape index (κ1) is 18.4. The highest BCUT2D eigenvalue weighted by Crippen LogP contribution is 2.44. The third kappa shape index (κ3) is 4.75. The maximum atomic E-state index is 6.22. The molecule has 0 amide bonds. The molecule has 1 unspecified atom stereocenters. The molecule has 23 heavy (non-hydrogen) atoms. The molecule has 3 rings (SSSR count). The minimum atomic E-state index is 0. The second-order valence-corrected chi connectivity index (χ2v) is 6.60. The van der Waals surface area contributed by atoms with Gasteiger partial charge in [0.2, 0.25) is 0 Å². The largest absolute Gasteiger partial charge is 0.494 e. The molecule has 1 saturated carbocycles. The molecular formula is C18H28IN3O. The third-order valence-electron chi connectivity index (χ3n) is 4.63. The Kier molecular flexibility index (Phi) is 6.56. The highest BCUT2D eigenvalue weighted by molar-refractivity contribution is 14.0. The Bertz CT molecular complexity index is 549. The number of benzene rings is 1. The Morgan fingerprint density at radius 2 is 2.26 bits per heavy atom. The van der Waals surface area contributed by atoms with E-state index in [0.29, 0.717) is 18.6 Å². The van der Waals surface area contributed by atoms with Gasteiger partial charge in [-0.2, -0.15) is 0 Å². The lowest BCUT2D eigenvalue weighted by atomic mass is 10.0. The van der Waals surface area contributed by atoms with Gasteiger partial charge in [-0.1, -0.05) is 19.1 Å². The SMILES string of the molecule is CCOc1cccc([C@@H]2C[C@H]2N=C(N)N2CCCC(C)C2)c1.I. The molecule has 4 nitrogen and oxygen atoms in total. The first-order valence-corrected chi connectivity index (χ1v) is 8.48. The van der Waals surface area contributed by atoms with E-state index < -0.39 is 0 Å². The lowest BCUT2D eigenvalue weighted by Gasteiger charge is -2.31. The minimum Gasteiger partial charge on any atom is -0.494 e. The van der Waals surface area contributed by atoms with Crippen LogP contribution in [0.15, 0.2) is 29.3 Å². The van der Waals surface area contributed by atoms with Crippen molar-refractivity contribution >= 4 is 29.9 Å². The molecule has 0 spiro atoms. The Balaban J connectivity index is 0.00000192. The minimum absolute atomic E-state index is 0. The number of rotatable bonds is 4. The number of guanidine groups is 1.